The zero-order chi connectivity index (χ0) is 14.4. The van der Waals surface area contributed by atoms with Gasteiger partial charge in [0.15, 0.2) is 0 Å². The van der Waals surface area contributed by atoms with E-state index >= 15 is 0 Å². The Labute approximate surface area is 131 Å². The molecule has 2 aromatic carbocycles. The molecule has 0 saturated heterocycles. The number of nitrogens with two attached hydrogens (primary N) is 1. The number of anilines is 1. The van der Waals surface area contributed by atoms with Crippen molar-refractivity contribution >= 4 is 66.0 Å². The fourth-order valence-corrected chi connectivity index (χ4v) is 4.83. The second-order valence-electron chi connectivity index (χ2n) is 4.88. The van der Waals surface area contributed by atoms with Crippen LogP contribution in [-0.4, -0.2) is 13.4 Å². The molecule has 0 saturated carbocycles. The van der Waals surface area contributed by atoms with Crippen molar-refractivity contribution in [1.82, 2.24) is 0 Å². The van der Waals surface area contributed by atoms with E-state index in [1.165, 1.54) is 30.5 Å². The van der Waals surface area contributed by atoms with Gasteiger partial charge in [0.1, 0.15) is 0 Å². The summed E-state index contributed by atoms with van der Waals surface area (Å²) in [4.78, 5) is 0. The third kappa shape index (κ3) is 1.87. The molecule has 4 rings (SSSR count). The minimum absolute atomic E-state index is 0.878. The van der Waals surface area contributed by atoms with Gasteiger partial charge in [0.05, 0.1) is 0 Å². The van der Waals surface area contributed by atoms with Gasteiger partial charge >= 0.3 is 131 Å². The summed E-state index contributed by atoms with van der Waals surface area (Å²) in [5.74, 6) is 0. The van der Waals surface area contributed by atoms with Crippen LogP contribution in [0.25, 0.3) is 31.3 Å². The van der Waals surface area contributed by atoms with Crippen LogP contribution in [-0.2, 0) is 0 Å². The van der Waals surface area contributed by atoms with Crippen LogP contribution in [0.4, 0.5) is 5.00 Å². The fraction of sp³-hybridized carbons (Fsp3) is 0. The first-order valence-electron chi connectivity index (χ1n) is 6.71. The Bertz CT molecular complexity index is 981. The Morgan fingerprint density at radius 1 is 0.810 bits per heavy atom. The predicted octanol–water partition coefficient (Wildman–Crippen LogP) is 4.13. The van der Waals surface area contributed by atoms with Crippen LogP contribution in [0.15, 0.2) is 48.5 Å². The van der Waals surface area contributed by atoms with E-state index in [4.69, 9.17) is 5.73 Å². The summed E-state index contributed by atoms with van der Waals surface area (Å²) in [7, 11) is 0. The quantitative estimate of drug-likeness (QED) is 0.554. The molecule has 0 bridgehead atoms. The molecule has 2 N–H and O–H groups in total. The van der Waals surface area contributed by atoms with E-state index in [1.807, 2.05) is 6.92 Å². The van der Waals surface area contributed by atoms with Gasteiger partial charge in [-0.05, 0) is 0 Å². The second kappa shape index (κ2) is 4.83. The molecular formula is C17H12BNS2. The van der Waals surface area contributed by atoms with Gasteiger partial charge in [-0.15, -0.1) is 0 Å². The van der Waals surface area contributed by atoms with Crippen molar-refractivity contribution in [3.05, 3.63) is 48.5 Å². The molecule has 2 aromatic heterocycles. The van der Waals surface area contributed by atoms with Gasteiger partial charge in [0.25, 0.3) is 0 Å². The molecule has 4 aromatic rings. The number of fused-ring (bicyclic) bond motifs is 2. The summed E-state index contributed by atoms with van der Waals surface area (Å²) in [6.45, 7) is 5.92. The van der Waals surface area contributed by atoms with E-state index in [1.54, 1.807) is 22.7 Å². The number of thiophene rings is 2. The van der Waals surface area contributed by atoms with Crippen LogP contribution in [0.3, 0.4) is 0 Å². The number of rotatable bonds is 2. The Morgan fingerprint density at radius 3 is 2.05 bits per heavy atom. The van der Waals surface area contributed by atoms with Crippen LogP contribution < -0.4 is 10.5 Å². The average Bonchev–Trinajstić information content (AvgIpc) is 3.03. The first-order valence-corrected chi connectivity index (χ1v) is 8.34. The molecule has 100 valence electrons. The Morgan fingerprint density at radius 2 is 1.38 bits per heavy atom. The summed E-state index contributed by atoms with van der Waals surface area (Å²) in [6.07, 6.45) is 0. The van der Waals surface area contributed by atoms with E-state index in [2.05, 4.69) is 55.0 Å². The van der Waals surface area contributed by atoms with Crippen LogP contribution in [0.2, 0.25) is 0 Å². The van der Waals surface area contributed by atoms with Crippen molar-refractivity contribution in [1.29, 1.82) is 0 Å². The van der Waals surface area contributed by atoms with E-state index in [9.17, 15) is 0 Å². The molecule has 0 amide bonds. The molecule has 0 unspecified atom stereocenters. The molecular weight excluding hydrogens is 293 g/mol. The summed E-state index contributed by atoms with van der Waals surface area (Å²) in [6, 6.07) is 16.9. The SMILES string of the molecule is C=Bc1sc2ccccc2c1-c1c(N)sc2ccccc12. The molecule has 2 heterocycles. The van der Waals surface area contributed by atoms with Gasteiger partial charge in [-0.2, -0.15) is 0 Å². The van der Waals surface area contributed by atoms with Crippen LogP contribution in [0, 0.1) is 0 Å². The van der Waals surface area contributed by atoms with Gasteiger partial charge in [-0.3, -0.25) is 0 Å². The third-order valence-electron chi connectivity index (χ3n) is 3.68. The first kappa shape index (κ1) is 12.8. The van der Waals surface area contributed by atoms with Gasteiger partial charge in [-0.25, -0.2) is 0 Å². The van der Waals surface area contributed by atoms with Crippen molar-refractivity contribution in [3.8, 4) is 11.1 Å². The number of hydrogen-bond donors (Lipinski definition) is 1. The van der Waals surface area contributed by atoms with Crippen molar-refractivity contribution in [3.63, 3.8) is 0 Å². The van der Waals surface area contributed by atoms with Crippen LogP contribution in [0.5, 0.6) is 0 Å². The maximum atomic E-state index is 6.35. The van der Waals surface area contributed by atoms with Gasteiger partial charge in [-0.1, -0.05) is 0 Å². The molecule has 0 aliphatic rings. The molecule has 4 heteroatoms. The van der Waals surface area contributed by atoms with Gasteiger partial charge in [0, 0.05) is 0 Å². The zero-order valence-corrected chi connectivity index (χ0v) is 12.9. The molecule has 0 fully saturated rings. The summed E-state index contributed by atoms with van der Waals surface area (Å²) in [5.41, 5.74) is 8.73. The molecule has 0 atom stereocenters. The summed E-state index contributed by atoms with van der Waals surface area (Å²) < 4.78 is 3.69. The maximum absolute atomic E-state index is 6.35. The number of hydrogen-bond acceptors (Lipinski definition) is 3. The Balaban J connectivity index is 2.18. The van der Waals surface area contributed by atoms with Gasteiger partial charge < -0.3 is 0 Å². The van der Waals surface area contributed by atoms with E-state index < -0.39 is 0 Å². The number of benzene rings is 2. The van der Waals surface area contributed by atoms with Crippen LogP contribution in [0.1, 0.15) is 0 Å². The Hall–Kier alpha value is -1.91. The average molecular weight is 305 g/mol. The van der Waals surface area contributed by atoms with E-state index in [0.717, 1.165) is 10.6 Å². The van der Waals surface area contributed by atoms with Crippen molar-refractivity contribution in [2.24, 2.45) is 0 Å². The molecule has 0 spiro atoms. The summed E-state index contributed by atoms with van der Waals surface area (Å²) >= 11 is 3.42. The second-order valence-corrected chi connectivity index (χ2v) is 7.05. The fourth-order valence-electron chi connectivity index (χ4n) is 2.79. The van der Waals surface area contributed by atoms with E-state index in [0.29, 0.717) is 0 Å². The monoisotopic (exact) mass is 305 g/mol. The number of nitrogen functional groups attached to an aromatic ring is 1. The van der Waals surface area contributed by atoms with Crippen molar-refractivity contribution in [2.75, 3.05) is 5.73 Å². The Kier molecular flexibility index (Phi) is 2.94. The van der Waals surface area contributed by atoms with Crippen LogP contribution >= 0.6 is 22.7 Å². The molecule has 0 aliphatic carbocycles. The molecule has 21 heavy (non-hydrogen) atoms. The third-order valence-corrected chi connectivity index (χ3v) is 5.85. The minimum atomic E-state index is 0.878. The molecule has 0 aliphatic heterocycles. The predicted molar refractivity (Wildman–Crippen MR) is 99.6 cm³/mol. The molecule has 1 nitrogen and oxygen atoms in total. The van der Waals surface area contributed by atoms with E-state index in [-0.39, 0.29) is 0 Å². The normalized spacial score (nSPS) is 11.0. The zero-order valence-electron chi connectivity index (χ0n) is 11.3. The topological polar surface area (TPSA) is 26.0 Å². The standard InChI is InChI=1S/C17H12BNS2/c1-18-16-14(10-6-2-4-8-12(10)20-16)15-11-7-3-5-9-13(11)21-17(15)19/h2-9H,1,19H2. The van der Waals surface area contributed by atoms with Gasteiger partial charge in [0.2, 0.25) is 0 Å². The first-order chi connectivity index (χ1) is 10.3. The van der Waals surface area contributed by atoms with Crippen molar-refractivity contribution in [2.45, 2.75) is 0 Å². The summed E-state index contributed by atoms with van der Waals surface area (Å²) in [5, 5.41) is 3.36. The molecule has 0 radical (unpaired) electrons. The van der Waals surface area contributed by atoms with Crippen molar-refractivity contribution < 1.29 is 0 Å².